The van der Waals surface area contributed by atoms with E-state index in [9.17, 15) is 4.79 Å². The summed E-state index contributed by atoms with van der Waals surface area (Å²) in [7, 11) is -8.38. The first-order chi connectivity index (χ1) is 23.4. The van der Waals surface area contributed by atoms with Crippen molar-refractivity contribution in [1.29, 1.82) is 0 Å². The average molecular weight is 756 g/mol. The van der Waals surface area contributed by atoms with Crippen LogP contribution in [0.4, 0.5) is 0 Å². The molecule has 7 nitrogen and oxygen atoms in total. The van der Waals surface area contributed by atoms with Gasteiger partial charge < -0.3 is 27.8 Å². The van der Waals surface area contributed by atoms with E-state index >= 15 is 0 Å². The summed E-state index contributed by atoms with van der Waals surface area (Å²) in [5.74, 6) is 0.969. The maximum atomic E-state index is 14.4. The smallest absolute Gasteiger partial charge is 0.224 e. The van der Waals surface area contributed by atoms with Gasteiger partial charge in [0.25, 0.3) is 0 Å². The van der Waals surface area contributed by atoms with Gasteiger partial charge in [-0.3, -0.25) is 4.79 Å². The molecule has 0 aromatic heterocycles. The lowest BCUT2D eigenvalue weighted by atomic mass is 9.91. The number of amides is 1. The third-order valence-corrected chi connectivity index (χ3v) is 32.5. The third-order valence-electron chi connectivity index (χ3n) is 14.0. The lowest BCUT2D eigenvalue weighted by Gasteiger charge is -2.53. The Morgan fingerprint density at radius 1 is 0.612 bits per heavy atom. The number of hydrogen-bond acceptors (Lipinski definition) is 6. The first kappa shape index (κ1) is 43.3. The van der Waals surface area contributed by atoms with Gasteiger partial charge in [-0.15, -0.1) is 0 Å². The number of hydrogen-bond donors (Lipinski definition) is 1. The van der Waals surface area contributed by atoms with Crippen LogP contribution >= 0.6 is 0 Å². The van der Waals surface area contributed by atoms with Crippen molar-refractivity contribution in [3.05, 3.63) is 12.2 Å². The summed E-state index contributed by atoms with van der Waals surface area (Å²) in [4.78, 5) is 14.4. The lowest BCUT2D eigenvalue weighted by molar-refractivity contribution is -0.240. The van der Waals surface area contributed by atoms with Crippen LogP contribution < -0.4 is 5.32 Å². The summed E-state index contributed by atoms with van der Waals surface area (Å²) in [5, 5.41) is 3.63. The zero-order valence-electron chi connectivity index (χ0n) is 33.8. The fraction of sp³-hybridized carbons (Fsp3) is 0.921. The monoisotopic (exact) mass is 755 g/mol. The predicted molar refractivity (Wildman–Crippen MR) is 215 cm³/mol. The van der Waals surface area contributed by atoms with Gasteiger partial charge in [-0.05, 0) is 97.2 Å². The molecular weight excluding hydrogens is 679 g/mol. The molecule has 1 unspecified atom stereocenters. The predicted octanol–water partition coefficient (Wildman–Crippen LogP) is 10.2. The van der Waals surface area contributed by atoms with Crippen LogP contribution in [-0.4, -0.2) is 76.4 Å². The standard InChI is InChI=1S/C38H77NO6Si4/c1-13-46(14-2,15-3)41-29-33-35(43-47(16-4,17-5)18-6)36(44-48(19-7,20-8)21-9)34(38(42-33)45-49(22-10,23-11)24-12)39-37(40)32-28-30-25-26-31(32)27-30/h25-26,30-36,38H,13-24,27-29H2,1-12H3,(H,39,40)/t30-,31+,32+,33+,34+,35+,36+,38?/m0/s1. The summed E-state index contributed by atoms with van der Waals surface area (Å²) < 4.78 is 36.9. The molecule has 3 rings (SSSR count). The van der Waals surface area contributed by atoms with Gasteiger partial charge in [0.05, 0.1) is 12.7 Å². The quantitative estimate of drug-likeness (QED) is 0.0827. The zero-order valence-corrected chi connectivity index (χ0v) is 37.8. The largest absolute Gasteiger partial charge is 0.414 e. The molecule has 1 N–H and O–H groups in total. The van der Waals surface area contributed by atoms with Gasteiger partial charge in [0.15, 0.2) is 39.6 Å². The second-order valence-corrected chi connectivity index (χ2v) is 34.5. The van der Waals surface area contributed by atoms with Gasteiger partial charge >= 0.3 is 0 Å². The van der Waals surface area contributed by atoms with E-state index in [1.54, 1.807) is 0 Å². The Labute approximate surface area is 306 Å². The summed E-state index contributed by atoms with van der Waals surface area (Å²) >= 11 is 0. The number of nitrogens with one attached hydrogen (secondary N) is 1. The van der Waals surface area contributed by atoms with Crippen molar-refractivity contribution in [2.24, 2.45) is 17.8 Å². The van der Waals surface area contributed by atoms with Crippen LogP contribution in [0.25, 0.3) is 0 Å². The average Bonchev–Trinajstić information content (AvgIpc) is 3.79. The minimum absolute atomic E-state index is 0.00606. The van der Waals surface area contributed by atoms with Crippen LogP contribution in [-0.2, 0) is 27.2 Å². The van der Waals surface area contributed by atoms with E-state index in [1.165, 1.54) is 0 Å². The Hall–Kier alpha value is -0.122. The normalized spacial score (nSPS) is 29.1. The molecule has 1 saturated carbocycles. The van der Waals surface area contributed by atoms with E-state index in [1.807, 2.05) is 0 Å². The van der Waals surface area contributed by atoms with Gasteiger partial charge in [0, 0.05) is 5.92 Å². The Bertz CT molecular complexity index is 999. The number of allylic oxidation sites excluding steroid dienone is 2. The molecule has 0 aromatic rings. The van der Waals surface area contributed by atoms with Gasteiger partial charge in [-0.1, -0.05) is 95.2 Å². The first-order valence-corrected chi connectivity index (χ1v) is 30.9. The van der Waals surface area contributed by atoms with Gasteiger partial charge in [0.2, 0.25) is 5.91 Å². The maximum Gasteiger partial charge on any atom is 0.224 e. The molecule has 2 fully saturated rings. The SMILES string of the molecule is CC[Si](CC)(CC)OC[C@H]1OC(O[Si](CC)(CC)CC)[C@H](NC(=O)[C@@H]2C[C@H]3C=C[C@@H]2C3)[C@@H](O[Si](CC)(CC)CC)[C@@H]1O[Si](CC)(CC)CC. The van der Waals surface area contributed by atoms with E-state index in [0.29, 0.717) is 18.4 Å². The molecule has 1 amide bonds. The molecule has 0 spiro atoms. The van der Waals surface area contributed by atoms with Gasteiger partial charge in [0.1, 0.15) is 18.2 Å². The minimum atomic E-state index is -2.17. The summed E-state index contributed by atoms with van der Waals surface area (Å²) in [5.41, 5.74) is 0. The molecule has 0 radical (unpaired) electrons. The van der Waals surface area contributed by atoms with Crippen molar-refractivity contribution in [3.8, 4) is 0 Å². The van der Waals surface area contributed by atoms with Crippen LogP contribution in [0.3, 0.4) is 0 Å². The number of ether oxygens (including phenoxy) is 1. The highest BCUT2D eigenvalue weighted by Crippen LogP contribution is 2.44. The molecule has 3 aliphatic rings. The minimum Gasteiger partial charge on any atom is -0.414 e. The molecule has 1 saturated heterocycles. The summed E-state index contributed by atoms with van der Waals surface area (Å²) in [6.07, 6.45) is 5.01. The first-order valence-electron chi connectivity index (χ1n) is 20.8. The topological polar surface area (TPSA) is 75.2 Å². The Morgan fingerprint density at radius 3 is 1.47 bits per heavy atom. The maximum absolute atomic E-state index is 14.4. The van der Waals surface area contributed by atoms with Crippen molar-refractivity contribution >= 4 is 39.2 Å². The summed E-state index contributed by atoms with van der Waals surface area (Å²) in [6, 6.07) is 12.1. The molecule has 0 aromatic carbocycles. The van der Waals surface area contributed by atoms with Crippen LogP contribution in [0.15, 0.2) is 12.2 Å². The van der Waals surface area contributed by atoms with E-state index in [-0.39, 0.29) is 30.1 Å². The highest BCUT2D eigenvalue weighted by Gasteiger charge is 2.55. The number of carbonyl (C=O) groups excluding carboxylic acids is 1. The van der Waals surface area contributed by atoms with E-state index in [2.05, 4.69) is 101 Å². The fourth-order valence-electron chi connectivity index (χ4n) is 9.07. The van der Waals surface area contributed by atoms with Crippen molar-refractivity contribution in [2.75, 3.05) is 6.61 Å². The molecule has 1 heterocycles. The highest BCUT2D eigenvalue weighted by molar-refractivity contribution is 6.75. The Kier molecular flexibility index (Phi) is 17.0. The molecule has 49 heavy (non-hydrogen) atoms. The molecule has 1 aliphatic heterocycles. The van der Waals surface area contributed by atoms with Gasteiger partial charge in [-0.25, -0.2) is 0 Å². The molecule has 8 atom stereocenters. The third kappa shape index (κ3) is 9.71. The van der Waals surface area contributed by atoms with Crippen molar-refractivity contribution < 1.29 is 27.2 Å². The van der Waals surface area contributed by atoms with Gasteiger partial charge in [-0.2, -0.15) is 0 Å². The number of fused-ring (bicyclic) bond motifs is 2. The molecule has 286 valence electrons. The zero-order chi connectivity index (χ0) is 36.5. The van der Waals surface area contributed by atoms with E-state index in [4.69, 9.17) is 22.4 Å². The molecular formula is C38H77NO6Si4. The molecule has 11 heteroatoms. The van der Waals surface area contributed by atoms with Crippen LogP contribution in [0.1, 0.15) is 95.9 Å². The second kappa shape index (κ2) is 19.3. The number of rotatable bonds is 23. The van der Waals surface area contributed by atoms with Crippen LogP contribution in [0, 0.1) is 17.8 Å². The molecule has 2 bridgehead atoms. The highest BCUT2D eigenvalue weighted by atomic mass is 28.4. The van der Waals surface area contributed by atoms with Crippen molar-refractivity contribution in [3.63, 3.8) is 0 Å². The number of carbonyl (C=O) groups is 1. The van der Waals surface area contributed by atoms with E-state index in [0.717, 1.165) is 85.4 Å². The second-order valence-electron chi connectivity index (χ2n) is 15.5. The fourth-order valence-corrected chi connectivity index (χ4v) is 20.1. The van der Waals surface area contributed by atoms with Crippen molar-refractivity contribution in [2.45, 2.75) is 199 Å². The lowest BCUT2D eigenvalue weighted by Crippen LogP contribution is -2.71. The summed E-state index contributed by atoms with van der Waals surface area (Å²) in [6.45, 7) is 28.0. The Balaban J connectivity index is 2.21. The van der Waals surface area contributed by atoms with Crippen LogP contribution in [0.2, 0.25) is 72.5 Å². The Morgan fingerprint density at radius 2 is 1.06 bits per heavy atom. The molecule has 2 aliphatic carbocycles. The van der Waals surface area contributed by atoms with Crippen LogP contribution in [0.5, 0.6) is 0 Å². The van der Waals surface area contributed by atoms with Crippen molar-refractivity contribution in [1.82, 2.24) is 5.32 Å². The van der Waals surface area contributed by atoms with E-state index < -0.39 is 45.6 Å².